The highest BCUT2D eigenvalue weighted by molar-refractivity contribution is 5.99. The van der Waals surface area contributed by atoms with Gasteiger partial charge in [-0.3, -0.25) is 14.6 Å². The van der Waals surface area contributed by atoms with Gasteiger partial charge in [-0.15, -0.1) is 0 Å². The standard InChI is InChI=1S/C26H28F3N3O2/c1-3-23-22(31-25(34)26(2,28)29)14-24(33)32(23)21-11-7-17-6-10-20(30-15-18(17)13-21)12-16-4-8-19(27)9-5-16/h4-5,7-9,11,13,15,20,22-23H,3,6,10,12,14H2,1-2H3,(H,31,34)/t20?,22-,23?/m0/s1. The highest BCUT2D eigenvalue weighted by Gasteiger charge is 2.43. The van der Waals surface area contributed by atoms with Crippen molar-refractivity contribution in [2.45, 2.75) is 70.0 Å². The maximum absolute atomic E-state index is 13.4. The fourth-order valence-electron chi connectivity index (χ4n) is 4.74. The lowest BCUT2D eigenvalue weighted by atomic mass is 9.98. The van der Waals surface area contributed by atoms with E-state index in [1.165, 1.54) is 12.1 Å². The van der Waals surface area contributed by atoms with Gasteiger partial charge in [-0.1, -0.05) is 25.1 Å². The number of nitrogens with zero attached hydrogens (tertiary/aromatic N) is 2. The van der Waals surface area contributed by atoms with Gasteiger partial charge in [0.2, 0.25) is 5.91 Å². The fourth-order valence-corrected chi connectivity index (χ4v) is 4.74. The van der Waals surface area contributed by atoms with Crippen molar-refractivity contribution in [1.82, 2.24) is 5.32 Å². The number of fused-ring (bicyclic) bond motifs is 1. The van der Waals surface area contributed by atoms with Gasteiger partial charge in [0.05, 0.1) is 18.1 Å². The van der Waals surface area contributed by atoms with Crippen molar-refractivity contribution >= 4 is 23.7 Å². The van der Waals surface area contributed by atoms with Gasteiger partial charge in [0.25, 0.3) is 5.91 Å². The molecule has 180 valence electrons. The topological polar surface area (TPSA) is 61.8 Å². The molecule has 1 saturated heterocycles. The molecule has 2 heterocycles. The average Bonchev–Trinajstić information content (AvgIpc) is 2.97. The normalized spacial score (nSPS) is 22.4. The third-order valence-electron chi connectivity index (χ3n) is 6.56. The SMILES string of the molecule is CCC1[C@@H](NC(=O)C(C)(F)F)CC(=O)N1c1ccc2c(c1)C=NC(Cc1ccc(F)cc1)CC2. The zero-order chi connectivity index (χ0) is 24.5. The van der Waals surface area contributed by atoms with Crippen LogP contribution in [-0.2, 0) is 22.4 Å². The van der Waals surface area contributed by atoms with E-state index in [0.29, 0.717) is 25.5 Å². The molecule has 1 N–H and O–H groups in total. The number of aliphatic imine (C=N–C) groups is 1. The Labute approximate surface area is 197 Å². The molecule has 0 aliphatic carbocycles. The number of nitrogens with one attached hydrogen (secondary N) is 1. The lowest BCUT2D eigenvalue weighted by Gasteiger charge is -2.28. The highest BCUT2D eigenvalue weighted by Crippen LogP contribution is 2.32. The molecular weight excluding hydrogens is 443 g/mol. The summed E-state index contributed by atoms with van der Waals surface area (Å²) in [4.78, 5) is 31.0. The van der Waals surface area contributed by atoms with Crippen LogP contribution < -0.4 is 10.2 Å². The van der Waals surface area contributed by atoms with Crippen LogP contribution in [0, 0.1) is 5.82 Å². The molecule has 1 fully saturated rings. The Kier molecular flexibility index (Phi) is 6.77. The summed E-state index contributed by atoms with van der Waals surface area (Å²) in [5.41, 5.74) is 3.71. The predicted molar refractivity (Wildman–Crippen MR) is 125 cm³/mol. The van der Waals surface area contributed by atoms with Crippen molar-refractivity contribution in [1.29, 1.82) is 0 Å². The number of hydrogen-bond acceptors (Lipinski definition) is 3. The molecule has 2 amide bonds. The molecule has 2 aliphatic rings. The van der Waals surface area contributed by atoms with Gasteiger partial charge in [-0.25, -0.2) is 4.39 Å². The van der Waals surface area contributed by atoms with Crippen LogP contribution >= 0.6 is 0 Å². The smallest absolute Gasteiger partial charge is 0.321 e. The molecule has 5 nitrogen and oxygen atoms in total. The molecule has 2 unspecified atom stereocenters. The maximum atomic E-state index is 13.4. The Balaban J connectivity index is 1.52. The molecular formula is C26H28F3N3O2. The Morgan fingerprint density at radius 2 is 1.94 bits per heavy atom. The quantitative estimate of drug-likeness (QED) is 0.676. The first-order valence-corrected chi connectivity index (χ1v) is 11.6. The number of alkyl halides is 2. The third-order valence-corrected chi connectivity index (χ3v) is 6.56. The van der Waals surface area contributed by atoms with Crippen molar-refractivity contribution < 1.29 is 22.8 Å². The number of benzene rings is 2. The van der Waals surface area contributed by atoms with E-state index in [9.17, 15) is 22.8 Å². The number of anilines is 1. The third kappa shape index (κ3) is 5.16. The summed E-state index contributed by atoms with van der Waals surface area (Å²) in [5.74, 6) is -5.34. The Morgan fingerprint density at radius 3 is 2.62 bits per heavy atom. The monoisotopic (exact) mass is 471 g/mol. The first-order chi connectivity index (χ1) is 16.2. The van der Waals surface area contributed by atoms with E-state index < -0.39 is 23.9 Å². The van der Waals surface area contributed by atoms with Crippen LogP contribution in [0.4, 0.5) is 18.9 Å². The van der Waals surface area contributed by atoms with Gasteiger partial charge in [-0.2, -0.15) is 8.78 Å². The molecule has 8 heteroatoms. The fraction of sp³-hybridized carbons (Fsp3) is 0.423. The van der Waals surface area contributed by atoms with Crippen molar-refractivity contribution in [2.24, 2.45) is 4.99 Å². The number of aryl methyl sites for hydroxylation is 1. The zero-order valence-corrected chi connectivity index (χ0v) is 19.2. The van der Waals surface area contributed by atoms with Gasteiger partial charge < -0.3 is 10.2 Å². The number of amides is 2. The first kappa shape index (κ1) is 24.0. The molecule has 0 aromatic heterocycles. The van der Waals surface area contributed by atoms with Crippen LogP contribution in [-0.4, -0.2) is 42.1 Å². The second-order valence-electron chi connectivity index (χ2n) is 9.10. The van der Waals surface area contributed by atoms with Crippen molar-refractivity contribution in [2.75, 3.05) is 4.90 Å². The highest BCUT2D eigenvalue weighted by atomic mass is 19.3. The van der Waals surface area contributed by atoms with Crippen LogP contribution in [0.5, 0.6) is 0 Å². The minimum absolute atomic E-state index is 0.0226. The lowest BCUT2D eigenvalue weighted by Crippen LogP contribution is -2.49. The van der Waals surface area contributed by atoms with E-state index in [-0.39, 0.29) is 24.2 Å². The van der Waals surface area contributed by atoms with Crippen LogP contribution in [0.15, 0.2) is 47.5 Å². The molecule has 2 aromatic carbocycles. The molecule has 0 radical (unpaired) electrons. The summed E-state index contributed by atoms with van der Waals surface area (Å²) in [7, 11) is 0. The van der Waals surface area contributed by atoms with Crippen molar-refractivity contribution in [3.05, 3.63) is 65.0 Å². The number of carbonyl (C=O) groups is 2. The number of carbonyl (C=O) groups excluding carboxylic acids is 2. The first-order valence-electron chi connectivity index (χ1n) is 11.6. The molecule has 34 heavy (non-hydrogen) atoms. The van der Waals surface area contributed by atoms with Gasteiger partial charge in [0, 0.05) is 25.2 Å². The minimum atomic E-state index is -3.50. The zero-order valence-electron chi connectivity index (χ0n) is 19.2. The molecule has 3 atom stereocenters. The Bertz CT molecular complexity index is 1100. The van der Waals surface area contributed by atoms with Crippen LogP contribution in [0.1, 0.15) is 49.8 Å². The van der Waals surface area contributed by atoms with E-state index in [2.05, 4.69) is 5.32 Å². The summed E-state index contributed by atoms with van der Waals surface area (Å²) >= 11 is 0. The number of hydrogen-bond donors (Lipinski definition) is 1. The lowest BCUT2D eigenvalue weighted by molar-refractivity contribution is -0.143. The maximum Gasteiger partial charge on any atom is 0.321 e. The van der Waals surface area contributed by atoms with Gasteiger partial charge in [0.1, 0.15) is 5.82 Å². The summed E-state index contributed by atoms with van der Waals surface area (Å²) in [5, 5.41) is 2.35. The van der Waals surface area contributed by atoms with E-state index in [1.807, 2.05) is 31.3 Å². The van der Waals surface area contributed by atoms with Gasteiger partial charge >= 0.3 is 5.92 Å². The Morgan fingerprint density at radius 1 is 1.21 bits per heavy atom. The molecule has 0 spiro atoms. The van der Waals surface area contributed by atoms with Crippen LogP contribution in [0.2, 0.25) is 0 Å². The minimum Gasteiger partial charge on any atom is -0.346 e. The summed E-state index contributed by atoms with van der Waals surface area (Å²) in [6.45, 7) is 2.41. The number of rotatable bonds is 6. The van der Waals surface area contributed by atoms with Crippen LogP contribution in [0.25, 0.3) is 0 Å². The number of halogens is 3. The van der Waals surface area contributed by atoms with E-state index in [4.69, 9.17) is 4.99 Å². The Hall–Kier alpha value is -3.16. The average molecular weight is 472 g/mol. The second kappa shape index (κ2) is 9.60. The molecule has 4 rings (SSSR count). The predicted octanol–water partition coefficient (Wildman–Crippen LogP) is 4.46. The summed E-state index contributed by atoms with van der Waals surface area (Å²) < 4.78 is 40.0. The molecule has 0 bridgehead atoms. The van der Waals surface area contributed by atoms with E-state index in [1.54, 1.807) is 17.0 Å². The molecule has 0 saturated carbocycles. The summed E-state index contributed by atoms with van der Waals surface area (Å²) in [6.07, 6.45) is 4.68. The van der Waals surface area contributed by atoms with Gasteiger partial charge in [0.15, 0.2) is 0 Å². The molecule has 2 aliphatic heterocycles. The van der Waals surface area contributed by atoms with Crippen molar-refractivity contribution in [3.63, 3.8) is 0 Å². The van der Waals surface area contributed by atoms with Crippen LogP contribution in [0.3, 0.4) is 0 Å². The van der Waals surface area contributed by atoms with E-state index >= 15 is 0 Å². The second-order valence-corrected chi connectivity index (χ2v) is 9.10. The summed E-state index contributed by atoms with van der Waals surface area (Å²) in [6, 6.07) is 11.2. The van der Waals surface area contributed by atoms with E-state index in [0.717, 1.165) is 29.5 Å². The van der Waals surface area contributed by atoms with Gasteiger partial charge in [-0.05, 0) is 66.6 Å². The van der Waals surface area contributed by atoms with Crippen molar-refractivity contribution in [3.8, 4) is 0 Å². The molecule has 2 aromatic rings. The largest absolute Gasteiger partial charge is 0.346 e.